The summed E-state index contributed by atoms with van der Waals surface area (Å²) < 4.78 is 8.15. The monoisotopic (exact) mass is 397 g/mol. The van der Waals surface area contributed by atoms with Crippen molar-refractivity contribution in [3.05, 3.63) is 75.2 Å². The van der Waals surface area contributed by atoms with Gasteiger partial charge >= 0.3 is 5.69 Å². The van der Waals surface area contributed by atoms with Gasteiger partial charge in [0.25, 0.3) is 0 Å². The van der Waals surface area contributed by atoms with Crippen molar-refractivity contribution in [1.82, 2.24) is 19.3 Å². The molecule has 28 heavy (non-hydrogen) atoms. The molecular weight excluding hydrogens is 378 g/mol. The largest absolute Gasteiger partial charge is 0.385 e. The average Bonchev–Trinajstić information content (AvgIpc) is 2.92. The Balaban J connectivity index is 1.79. The second-order valence-electron chi connectivity index (χ2n) is 6.49. The van der Waals surface area contributed by atoms with Crippen molar-refractivity contribution in [2.75, 3.05) is 13.7 Å². The Morgan fingerprint density at radius 1 is 1.14 bits per heavy atom. The van der Waals surface area contributed by atoms with E-state index in [-0.39, 0.29) is 5.69 Å². The molecule has 2 aromatic heterocycles. The van der Waals surface area contributed by atoms with Crippen molar-refractivity contribution in [2.45, 2.75) is 25.9 Å². The molecule has 0 fully saturated rings. The van der Waals surface area contributed by atoms with Crippen LogP contribution >= 0.6 is 11.6 Å². The molecule has 0 radical (unpaired) electrons. The quantitative estimate of drug-likeness (QED) is 0.473. The van der Waals surface area contributed by atoms with Crippen molar-refractivity contribution in [3.8, 4) is 5.69 Å². The molecule has 0 spiro atoms. The number of unbranched alkanes of at least 4 members (excludes halogenated alkanes) is 1. The van der Waals surface area contributed by atoms with Crippen LogP contribution in [0.1, 0.15) is 29.9 Å². The minimum Gasteiger partial charge on any atom is -0.385 e. The Morgan fingerprint density at radius 3 is 2.75 bits per heavy atom. The molecule has 1 aliphatic heterocycles. The minimum atomic E-state index is -0.192. The van der Waals surface area contributed by atoms with Crippen LogP contribution in [0.5, 0.6) is 0 Å². The number of halogens is 1. The van der Waals surface area contributed by atoms with E-state index in [4.69, 9.17) is 21.3 Å². The zero-order valence-corrected chi connectivity index (χ0v) is 16.3. The van der Waals surface area contributed by atoms with Gasteiger partial charge in [0.1, 0.15) is 17.4 Å². The number of hydrogen-bond donors (Lipinski definition) is 0. The Hall–Kier alpha value is -2.77. The SMILES string of the molecule is COCCCCn1nc2n(c1=O)-c1ccc(Cl)nc1C(c1ccccc1)=NC2. The number of aryl methyl sites for hydroxylation is 1. The first kappa shape index (κ1) is 18.6. The number of methoxy groups -OCH3 is 1. The second-order valence-corrected chi connectivity index (χ2v) is 6.88. The van der Waals surface area contributed by atoms with Gasteiger partial charge in [-0.15, -0.1) is 0 Å². The van der Waals surface area contributed by atoms with E-state index in [1.165, 1.54) is 4.68 Å². The molecule has 7 nitrogen and oxygen atoms in total. The van der Waals surface area contributed by atoms with E-state index in [0.717, 1.165) is 18.4 Å². The average molecular weight is 398 g/mol. The molecule has 0 unspecified atom stereocenters. The van der Waals surface area contributed by atoms with Gasteiger partial charge in [0.05, 0.1) is 11.4 Å². The van der Waals surface area contributed by atoms with Gasteiger partial charge in [0, 0.05) is 25.8 Å². The number of benzene rings is 1. The van der Waals surface area contributed by atoms with Gasteiger partial charge < -0.3 is 4.74 Å². The van der Waals surface area contributed by atoms with E-state index in [9.17, 15) is 4.79 Å². The van der Waals surface area contributed by atoms with Crippen LogP contribution in [0.3, 0.4) is 0 Å². The minimum absolute atomic E-state index is 0.192. The lowest BCUT2D eigenvalue weighted by atomic mass is 10.1. The van der Waals surface area contributed by atoms with E-state index < -0.39 is 0 Å². The van der Waals surface area contributed by atoms with Gasteiger partial charge in [-0.1, -0.05) is 41.9 Å². The summed E-state index contributed by atoms with van der Waals surface area (Å²) in [5, 5.41) is 4.87. The number of fused-ring (bicyclic) bond motifs is 3. The summed E-state index contributed by atoms with van der Waals surface area (Å²) in [6.45, 7) is 1.49. The van der Waals surface area contributed by atoms with E-state index in [1.54, 1.807) is 23.8 Å². The van der Waals surface area contributed by atoms with Crippen LogP contribution in [0.15, 0.2) is 52.3 Å². The molecule has 1 aromatic carbocycles. The van der Waals surface area contributed by atoms with Gasteiger partial charge in [-0.3, -0.25) is 4.99 Å². The van der Waals surface area contributed by atoms with Crippen molar-refractivity contribution in [2.24, 2.45) is 4.99 Å². The van der Waals surface area contributed by atoms with E-state index >= 15 is 0 Å². The number of rotatable bonds is 6. The summed E-state index contributed by atoms with van der Waals surface area (Å²) >= 11 is 6.17. The number of aromatic nitrogens is 4. The van der Waals surface area contributed by atoms with Crippen LogP contribution in [-0.4, -0.2) is 38.8 Å². The van der Waals surface area contributed by atoms with Crippen molar-refractivity contribution in [3.63, 3.8) is 0 Å². The Bertz CT molecular complexity index is 1070. The molecule has 0 N–H and O–H groups in total. The number of hydrogen-bond acceptors (Lipinski definition) is 5. The van der Waals surface area contributed by atoms with Crippen LogP contribution in [0.25, 0.3) is 5.69 Å². The fraction of sp³-hybridized carbons (Fsp3) is 0.300. The number of nitrogens with zero attached hydrogens (tertiary/aromatic N) is 5. The Kier molecular flexibility index (Phi) is 5.36. The van der Waals surface area contributed by atoms with Crippen molar-refractivity contribution in [1.29, 1.82) is 0 Å². The Morgan fingerprint density at radius 2 is 1.96 bits per heavy atom. The summed E-state index contributed by atoms with van der Waals surface area (Å²) in [6, 6.07) is 13.2. The van der Waals surface area contributed by atoms with Crippen molar-refractivity contribution >= 4 is 17.3 Å². The predicted octanol–water partition coefficient (Wildman–Crippen LogP) is 2.86. The van der Waals surface area contributed by atoms with Gasteiger partial charge in [0.15, 0.2) is 5.82 Å². The summed E-state index contributed by atoms with van der Waals surface area (Å²) in [6.07, 6.45) is 1.68. The van der Waals surface area contributed by atoms with Crippen LogP contribution in [0, 0.1) is 0 Å². The zero-order valence-electron chi connectivity index (χ0n) is 15.5. The Labute approximate surface area is 167 Å². The highest BCUT2D eigenvalue weighted by Gasteiger charge is 2.24. The summed E-state index contributed by atoms with van der Waals surface area (Å²) in [4.78, 5) is 22.3. The highest BCUT2D eigenvalue weighted by Crippen LogP contribution is 2.23. The van der Waals surface area contributed by atoms with Gasteiger partial charge in [-0.25, -0.2) is 19.0 Å². The van der Waals surface area contributed by atoms with E-state index in [0.29, 0.717) is 47.8 Å². The lowest BCUT2D eigenvalue weighted by Crippen LogP contribution is -2.25. The molecule has 0 bridgehead atoms. The van der Waals surface area contributed by atoms with Gasteiger partial charge in [-0.05, 0) is 25.0 Å². The number of ether oxygens (including phenoxy) is 1. The molecule has 3 aromatic rings. The maximum absolute atomic E-state index is 13.0. The smallest absolute Gasteiger partial charge is 0.350 e. The lowest BCUT2D eigenvalue weighted by Gasteiger charge is -2.10. The molecule has 1 aliphatic rings. The lowest BCUT2D eigenvalue weighted by molar-refractivity contribution is 0.190. The van der Waals surface area contributed by atoms with Gasteiger partial charge in [-0.2, -0.15) is 5.10 Å². The molecule has 8 heteroatoms. The molecule has 0 aliphatic carbocycles. The van der Waals surface area contributed by atoms with Gasteiger partial charge in [0.2, 0.25) is 0 Å². The molecule has 0 amide bonds. The molecule has 4 rings (SSSR count). The van der Waals surface area contributed by atoms with Crippen LogP contribution in [0.4, 0.5) is 0 Å². The highest BCUT2D eigenvalue weighted by molar-refractivity contribution is 6.29. The first-order valence-corrected chi connectivity index (χ1v) is 9.51. The first-order chi connectivity index (χ1) is 13.7. The van der Waals surface area contributed by atoms with E-state index in [1.807, 2.05) is 30.3 Å². The topological polar surface area (TPSA) is 74.3 Å². The van der Waals surface area contributed by atoms with Crippen LogP contribution < -0.4 is 5.69 Å². The third-order valence-electron chi connectivity index (χ3n) is 4.61. The highest BCUT2D eigenvalue weighted by atomic mass is 35.5. The first-order valence-electron chi connectivity index (χ1n) is 9.14. The predicted molar refractivity (Wildman–Crippen MR) is 108 cm³/mol. The molecule has 0 saturated heterocycles. The fourth-order valence-corrected chi connectivity index (χ4v) is 3.43. The molecule has 3 heterocycles. The van der Waals surface area contributed by atoms with Crippen LogP contribution in [-0.2, 0) is 17.8 Å². The number of pyridine rings is 1. The summed E-state index contributed by atoms with van der Waals surface area (Å²) in [7, 11) is 1.67. The van der Waals surface area contributed by atoms with Crippen molar-refractivity contribution < 1.29 is 4.74 Å². The summed E-state index contributed by atoms with van der Waals surface area (Å²) in [5.41, 5.74) is 2.66. The second kappa shape index (κ2) is 8.08. The third-order valence-corrected chi connectivity index (χ3v) is 4.82. The maximum atomic E-state index is 13.0. The molecular formula is C20H20ClN5O2. The molecule has 0 saturated carbocycles. The normalized spacial score (nSPS) is 12.9. The van der Waals surface area contributed by atoms with E-state index in [2.05, 4.69) is 10.1 Å². The number of aliphatic imine (C=N–C) groups is 1. The zero-order chi connectivity index (χ0) is 19.5. The summed E-state index contributed by atoms with van der Waals surface area (Å²) in [5.74, 6) is 0.591. The molecule has 144 valence electrons. The fourth-order valence-electron chi connectivity index (χ4n) is 3.28. The van der Waals surface area contributed by atoms with Crippen LogP contribution in [0.2, 0.25) is 5.15 Å². The molecule has 0 atom stereocenters. The third kappa shape index (κ3) is 3.50. The maximum Gasteiger partial charge on any atom is 0.350 e. The standard InChI is InChI=1S/C20H20ClN5O2/c1-28-12-6-5-11-25-20(27)26-15-9-10-16(21)23-19(15)18(22-13-17(26)24-25)14-7-3-2-4-8-14/h2-4,7-10H,5-6,11-13H2,1H3.